The van der Waals surface area contributed by atoms with Crippen molar-refractivity contribution in [2.75, 3.05) is 31.6 Å². The summed E-state index contributed by atoms with van der Waals surface area (Å²) in [4.78, 5) is 16.0. The molecule has 2 aliphatic rings. The fraction of sp³-hybridized carbons (Fsp3) is 0.536. The van der Waals surface area contributed by atoms with Gasteiger partial charge in [0.1, 0.15) is 12.4 Å². The number of halogens is 1. The van der Waals surface area contributed by atoms with Gasteiger partial charge in [-0.2, -0.15) is 0 Å². The van der Waals surface area contributed by atoms with Crippen LogP contribution in [0.4, 0.5) is 5.69 Å². The van der Waals surface area contributed by atoms with E-state index in [9.17, 15) is 4.79 Å². The van der Waals surface area contributed by atoms with Crippen molar-refractivity contribution in [3.8, 4) is 5.75 Å². The van der Waals surface area contributed by atoms with Crippen LogP contribution in [0.5, 0.6) is 5.75 Å². The second-order valence-corrected chi connectivity index (χ2v) is 10.6. The van der Waals surface area contributed by atoms with E-state index >= 15 is 0 Å². The molecule has 0 unspecified atom stereocenters. The minimum atomic E-state index is -0.485. The molecule has 1 heterocycles. The molecular weight excluding hydrogens is 432 g/mol. The second-order valence-electron chi connectivity index (χ2n) is 10.2. The summed E-state index contributed by atoms with van der Waals surface area (Å²) in [5.74, 6) is 2.44. The van der Waals surface area contributed by atoms with Gasteiger partial charge < -0.3 is 10.1 Å². The third kappa shape index (κ3) is 6.10. The Bertz CT molecular complexity index is 896. The Balaban J connectivity index is 1.34. The van der Waals surface area contributed by atoms with Gasteiger partial charge in [0.2, 0.25) is 5.91 Å². The van der Waals surface area contributed by atoms with Crippen molar-refractivity contribution in [3.63, 3.8) is 0 Å². The van der Waals surface area contributed by atoms with Crippen LogP contribution in [0, 0.1) is 11.8 Å². The summed E-state index contributed by atoms with van der Waals surface area (Å²) in [6, 6.07) is 15.6. The molecular formula is C28H37ClN2O2. The molecule has 2 atom stereocenters. The molecule has 4 nitrogen and oxygen atoms in total. The molecule has 2 fully saturated rings. The molecule has 1 aliphatic heterocycles. The van der Waals surface area contributed by atoms with Gasteiger partial charge >= 0.3 is 0 Å². The average Bonchev–Trinajstić information content (AvgIpc) is 2.80. The average molecular weight is 469 g/mol. The van der Waals surface area contributed by atoms with E-state index in [1.807, 2.05) is 48.5 Å². The maximum atomic E-state index is 13.5. The largest absolute Gasteiger partial charge is 0.492 e. The van der Waals surface area contributed by atoms with Crippen LogP contribution in [-0.4, -0.2) is 37.0 Å². The molecule has 1 saturated heterocycles. The monoisotopic (exact) mass is 468 g/mol. The molecule has 0 spiro atoms. The lowest BCUT2D eigenvalue weighted by Crippen LogP contribution is -2.42. The molecule has 1 aliphatic carbocycles. The number of carbonyl (C=O) groups is 1. The van der Waals surface area contributed by atoms with Crippen molar-refractivity contribution in [1.29, 1.82) is 0 Å². The van der Waals surface area contributed by atoms with Gasteiger partial charge in [0.15, 0.2) is 0 Å². The minimum Gasteiger partial charge on any atom is -0.492 e. The van der Waals surface area contributed by atoms with Crippen LogP contribution in [0.1, 0.15) is 57.9 Å². The second kappa shape index (κ2) is 10.9. The van der Waals surface area contributed by atoms with Crippen LogP contribution < -0.4 is 10.1 Å². The normalized spacial score (nSPS) is 23.1. The van der Waals surface area contributed by atoms with Gasteiger partial charge in [-0.05, 0) is 73.1 Å². The van der Waals surface area contributed by atoms with E-state index in [1.165, 1.54) is 12.8 Å². The Labute approximate surface area is 203 Å². The van der Waals surface area contributed by atoms with E-state index in [1.54, 1.807) is 0 Å². The molecule has 1 N–H and O–H groups in total. The zero-order valence-electron chi connectivity index (χ0n) is 20.0. The Morgan fingerprint density at radius 3 is 2.27 bits per heavy atom. The molecule has 0 aromatic heterocycles. The van der Waals surface area contributed by atoms with E-state index in [2.05, 4.69) is 24.1 Å². The first-order chi connectivity index (χ1) is 15.9. The zero-order valence-corrected chi connectivity index (χ0v) is 20.7. The van der Waals surface area contributed by atoms with E-state index in [0.29, 0.717) is 11.6 Å². The number of amides is 1. The predicted octanol–water partition coefficient (Wildman–Crippen LogP) is 6.54. The maximum absolute atomic E-state index is 13.5. The fourth-order valence-electron chi connectivity index (χ4n) is 5.72. The summed E-state index contributed by atoms with van der Waals surface area (Å²) in [6.07, 6.45) is 6.38. The van der Waals surface area contributed by atoms with Gasteiger partial charge in [0, 0.05) is 30.3 Å². The summed E-state index contributed by atoms with van der Waals surface area (Å²) in [7, 11) is 0. The number of ether oxygens (including phenoxy) is 1. The van der Waals surface area contributed by atoms with Crippen LogP contribution >= 0.6 is 11.6 Å². The lowest BCUT2D eigenvalue weighted by atomic mass is 9.68. The molecule has 33 heavy (non-hydrogen) atoms. The highest BCUT2D eigenvalue weighted by atomic mass is 35.5. The minimum absolute atomic E-state index is 0.0755. The highest BCUT2D eigenvalue weighted by molar-refractivity contribution is 6.30. The topological polar surface area (TPSA) is 41.6 Å². The van der Waals surface area contributed by atoms with E-state index in [-0.39, 0.29) is 5.91 Å². The maximum Gasteiger partial charge on any atom is 0.235 e. The van der Waals surface area contributed by atoms with Crippen molar-refractivity contribution in [2.45, 2.75) is 57.8 Å². The fourth-order valence-corrected chi connectivity index (χ4v) is 5.85. The summed E-state index contributed by atoms with van der Waals surface area (Å²) in [5.41, 5.74) is 1.39. The van der Waals surface area contributed by atoms with Crippen molar-refractivity contribution in [1.82, 2.24) is 4.90 Å². The van der Waals surface area contributed by atoms with Crippen LogP contribution in [0.25, 0.3) is 0 Å². The van der Waals surface area contributed by atoms with Gasteiger partial charge in [-0.3, -0.25) is 9.69 Å². The lowest BCUT2D eigenvalue weighted by Gasteiger charge is -2.36. The molecule has 5 heteroatoms. The first-order valence-electron chi connectivity index (χ1n) is 12.5. The number of hydrogen-bond acceptors (Lipinski definition) is 3. The number of hydrogen-bond donors (Lipinski definition) is 1. The SMILES string of the molecule is C[C@H]1C[C@H](C)CN(CCOc2ccc(NC(=O)C3(c4ccc(Cl)cc4)CCCCC3)cc2)C1. The molecule has 1 saturated carbocycles. The van der Waals surface area contributed by atoms with Crippen molar-refractivity contribution >= 4 is 23.2 Å². The summed E-state index contributed by atoms with van der Waals surface area (Å²) < 4.78 is 5.99. The number of carbonyl (C=O) groups excluding carboxylic acids is 1. The number of benzene rings is 2. The standard InChI is InChI=1S/C28H37ClN2O2/c1-21-18-22(2)20-31(19-21)16-17-33-26-12-10-25(11-13-26)30-27(32)28(14-4-3-5-15-28)23-6-8-24(29)9-7-23/h6-13,21-22H,3-5,14-20H2,1-2H3,(H,30,32)/t21-,22-/m0/s1. The van der Waals surface area contributed by atoms with Crippen LogP contribution in [-0.2, 0) is 10.2 Å². The summed E-state index contributed by atoms with van der Waals surface area (Å²) in [6.45, 7) is 8.63. The van der Waals surface area contributed by atoms with Gasteiger partial charge in [0.25, 0.3) is 0 Å². The summed E-state index contributed by atoms with van der Waals surface area (Å²) >= 11 is 6.10. The number of nitrogens with zero attached hydrogens (tertiary/aromatic N) is 1. The van der Waals surface area contributed by atoms with Crippen molar-refractivity contribution in [2.24, 2.45) is 11.8 Å². The van der Waals surface area contributed by atoms with E-state index < -0.39 is 5.41 Å². The first kappa shape index (κ1) is 24.1. The molecule has 4 rings (SSSR count). The molecule has 178 valence electrons. The van der Waals surface area contributed by atoms with Gasteiger partial charge in [-0.15, -0.1) is 0 Å². The third-order valence-corrected chi connectivity index (χ3v) is 7.52. The van der Waals surface area contributed by atoms with E-state index in [4.69, 9.17) is 16.3 Å². The number of likely N-dealkylation sites (tertiary alicyclic amines) is 1. The Kier molecular flexibility index (Phi) is 7.98. The zero-order chi connectivity index (χ0) is 23.3. The third-order valence-electron chi connectivity index (χ3n) is 7.27. The van der Waals surface area contributed by atoms with Crippen molar-refractivity contribution < 1.29 is 9.53 Å². The Morgan fingerprint density at radius 1 is 1.00 bits per heavy atom. The Hall–Kier alpha value is -2.04. The smallest absolute Gasteiger partial charge is 0.235 e. The number of nitrogens with one attached hydrogen (secondary N) is 1. The number of anilines is 1. The van der Waals surface area contributed by atoms with Gasteiger partial charge in [0.05, 0.1) is 5.41 Å². The van der Waals surface area contributed by atoms with Gasteiger partial charge in [-0.1, -0.05) is 56.8 Å². The molecule has 2 aromatic carbocycles. The Morgan fingerprint density at radius 2 is 1.64 bits per heavy atom. The molecule has 1 amide bonds. The van der Waals surface area contributed by atoms with Gasteiger partial charge in [-0.25, -0.2) is 0 Å². The number of piperidine rings is 1. The lowest BCUT2D eigenvalue weighted by molar-refractivity contribution is -0.122. The van der Waals surface area contributed by atoms with Crippen molar-refractivity contribution in [3.05, 3.63) is 59.1 Å². The van der Waals surface area contributed by atoms with Crippen LogP contribution in [0.15, 0.2) is 48.5 Å². The van der Waals surface area contributed by atoms with E-state index in [0.717, 1.165) is 74.2 Å². The quantitative estimate of drug-likeness (QED) is 0.501. The molecule has 2 aromatic rings. The summed E-state index contributed by atoms with van der Waals surface area (Å²) in [5, 5.41) is 3.87. The highest BCUT2D eigenvalue weighted by Gasteiger charge is 2.41. The molecule has 0 radical (unpaired) electrons. The van der Waals surface area contributed by atoms with Crippen LogP contribution in [0.2, 0.25) is 5.02 Å². The van der Waals surface area contributed by atoms with Crippen LogP contribution in [0.3, 0.4) is 0 Å². The first-order valence-corrected chi connectivity index (χ1v) is 12.9. The predicted molar refractivity (Wildman–Crippen MR) is 136 cm³/mol. The highest BCUT2D eigenvalue weighted by Crippen LogP contribution is 2.41. The molecule has 0 bridgehead atoms. The number of rotatable bonds is 7.